The Morgan fingerprint density at radius 3 is 1.30 bits per heavy atom. The molecule has 0 atom stereocenters. The highest BCUT2D eigenvalue weighted by Gasteiger charge is 2.27. The third kappa shape index (κ3) is 15.0. The highest BCUT2D eigenvalue weighted by molar-refractivity contribution is 5.80. The fourth-order valence-corrected chi connectivity index (χ4v) is 8.19. The molecule has 3 aliphatic heterocycles. The monoisotopic (exact) mass is 790 g/mol. The lowest BCUT2D eigenvalue weighted by atomic mass is 9.86. The molecule has 3 saturated heterocycles. The van der Waals surface area contributed by atoms with E-state index in [1.54, 1.807) is 36.4 Å². The molecule has 0 aliphatic carbocycles. The Balaban J connectivity index is 0.000000189. The Hall–Kier alpha value is -4.14. The van der Waals surface area contributed by atoms with Gasteiger partial charge in [-0.1, -0.05) is 84.0 Å². The van der Waals surface area contributed by atoms with Crippen LogP contribution in [0.25, 0.3) is 0 Å². The minimum Gasteiger partial charge on any atom is -0.342 e. The first-order valence-electron chi connectivity index (χ1n) is 21.3. The van der Waals surface area contributed by atoms with Gasteiger partial charge in [0.1, 0.15) is 17.5 Å². The number of hydrogen-bond donors (Lipinski definition) is 0. The first-order chi connectivity index (χ1) is 27.2. The summed E-state index contributed by atoms with van der Waals surface area (Å²) >= 11 is 0. The minimum absolute atomic E-state index is 0.0484. The van der Waals surface area contributed by atoms with Crippen LogP contribution in [-0.2, 0) is 33.6 Å². The van der Waals surface area contributed by atoms with Gasteiger partial charge in [0.2, 0.25) is 17.7 Å². The molecule has 0 saturated carbocycles. The van der Waals surface area contributed by atoms with Crippen molar-refractivity contribution in [2.45, 2.75) is 99.3 Å². The van der Waals surface area contributed by atoms with Gasteiger partial charge in [-0.3, -0.25) is 14.4 Å². The number of halogens is 3. The molecule has 0 aromatic heterocycles. The number of nitrogens with zero attached hydrogens (tertiary/aromatic N) is 3. The number of carbonyl (C=O) groups excluding carboxylic acids is 3. The molecule has 0 radical (unpaired) electrons. The summed E-state index contributed by atoms with van der Waals surface area (Å²) < 4.78 is 39.4. The average Bonchev–Trinajstić information content (AvgIpc) is 3.20. The summed E-state index contributed by atoms with van der Waals surface area (Å²) in [5.74, 6) is 3.80. The molecule has 6 rings (SSSR count). The molecule has 312 valence electrons. The Morgan fingerprint density at radius 2 is 0.895 bits per heavy atom. The van der Waals surface area contributed by atoms with E-state index < -0.39 is 0 Å². The zero-order chi connectivity index (χ0) is 41.5. The second kappa shape index (κ2) is 22.7. The largest absolute Gasteiger partial charge is 0.342 e. The van der Waals surface area contributed by atoms with E-state index in [2.05, 4.69) is 41.5 Å². The molecular formula is C48H66F3N3O3. The van der Waals surface area contributed by atoms with Crippen LogP contribution in [0.3, 0.4) is 0 Å². The van der Waals surface area contributed by atoms with E-state index in [1.807, 2.05) is 20.8 Å². The van der Waals surface area contributed by atoms with Gasteiger partial charge in [-0.05, 0) is 121 Å². The lowest BCUT2D eigenvalue weighted by molar-refractivity contribution is -0.132. The van der Waals surface area contributed by atoms with E-state index in [4.69, 9.17) is 0 Å². The second-order valence-electron chi connectivity index (χ2n) is 17.3. The van der Waals surface area contributed by atoms with Crippen molar-refractivity contribution in [3.8, 4) is 0 Å². The highest BCUT2D eigenvalue weighted by atomic mass is 19.1. The fraction of sp³-hybridized carbons (Fsp3) is 0.562. The van der Waals surface area contributed by atoms with Crippen molar-refractivity contribution < 1.29 is 27.6 Å². The molecule has 0 N–H and O–H groups in total. The Kier molecular flexibility index (Phi) is 18.2. The molecule has 0 bridgehead atoms. The third-order valence-electron chi connectivity index (χ3n) is 12.3. The molecule has 3 aliphatic rings. The minimum atomic E-state index is -0.284. The first-order valence-corrected chi connectivity index (χ1v) is 21.3. The van der Waals surface area contributed by atoms with Gasteiger partial charge in [-0.2, -0.15) is 0 Å². The van der Waals surface area contributed by atoms with Crippen LogP contribution in [0, 0.1) is 53.0 Å². The molecule has 3 heterocycles. The molecule has 0 unspecified atom stereocenters. The molecule has 9 heteroatoms. The van der Waals surface area contributed by atoms with Crippen LogP contribution in [0.15, 0.2) is 72.8 Å². The van der Waals surface area contributed by atoms with E-state index in [0.29, 0.717) is 36.2 Å². The normalized spacial score (nSPS) is 16.9. The summed E-state index contributed by atoms with van der Waals surface area (Å²) in [6, 6.07) is 19.0. The number of likely N-dealkylation sites (tertiary alicyclic amines) is 3. The molecule has 0 spiro atoms. The van der Waals surface area contributed by atoms with Gasteiger partial charge < -0.3 is 14.7 Å². The molecule has 6 nitrogen and oxygen atoms in total. The van der Waals surface area contributed by atoms with Crippen molar-refractivity contribution >= 4 is 17.7 Å². The topological polar surface area (TPSA) is 60.9 Å². The van der Waals surface area contributed by atoms with E-state index in [-0.39, 0.29) is 41.6 Å². The molecular weight excluding hydrogens is 724 g/mol. The van der Waals surface area contributed by atoms with Crippen molar-refractivity contribution in [2.24, 2.45) is 35.5 Å². The maximum absolute atomic E-state index is 13.5. The van der Waals surface area contributed by atoms with Crippen LogP contribution in [0.1, 0.15) is 96.8 Å². The Labute approximate surface area is 340 Å². The van der Waals surface area contributed by atoms with E-state index in [0.717, 1.165) is 107 Å². The van der Waals surface area contributed by atoms with E-state index in [1.165, 1.54) is 30.3 Å². The van der Waals surface area contributed by atoms with Gasteiger partial charge in [0.05, 0.1) is 19.3 Å². The van der Waals surface area contributed by atoms with Crippen LogP contribution >= 0.6 is 0 Å². The quantitative estimate of drug-likeness (QED) is 0.217. The zero-order valence-electron chi connectivity index (χ0n) is 35.2. The van der Waals surface area contributed by atoms with Crippen LogP contribution < -0.4 is 0 Å². The van der Waals surface area contributed by atoms with Crippen molar-refractivity contribution in [2.75, 3.05) is 39.3 Å². The van der Waals surface area contributed by atoms with Gasteiger partial charge >= 0.3 is 0 Å². The summed E-state index contributed by atoms with van der Waals surface area (Å²) in [4.78, 5) is 42.2. The number of hydrogen-bond acceptors (Lipinski definition) is 3. The van der Waals surface area contributed by atoms with Crippen molar-refractivity contribution in [3.63, 3.8) is 0 Å². The van der Waals surface area contributed by atoms with Crippen LogP contribution in [0.5, 0.6) is 0 Å². The van der Waals surface area contributed by atoms with E-state index >= 15 is 0 Å². The van der Waals surface area contributed by atoms with Gasteiger partial charge in [-0.15, -0.1) is 0 Å². The van der Waals surface area contributed by atoms with Gasteiger partial charge in [0.25, 0.3) is 0 Å². The molecule has 3 aromatic rings. The summed E-state index contributed by atoms with van der Waals surface area (Å²) in [7, 11) is 0. The van der Waals surface area contributed by atoms with E-state index in [9.17, 15) is 27.6 Å². The molecule has 3 amide bonds. The summed E-state index contributed by atoms with van der Waals surface area (Å²) in [5, 5.41) is 0. The number of amides is 3. The SMILES string of the molecule is CC(C)C1CCN(C(=O)Cc2ccc(F)cc2)CC1.CC(C)C1CCN(C(=O)Cc2cccc(F)c2)CC1.CC(C)C1CCN(C(=O)Cc2ccccc2F)CC1. The highest BCUT2D eigenvalue weighted by Crippen LogP contribution is 2.27. The van der Waals surface area contributed by atoms with Crippen LogP contribution in [0.4, 0.5) is 13.2 Å². The first kappa shape index (κ1) is 45.6. The average molecular weight is 790 g/mol. The summed E-state index contributed by atoms with van der Waals surface area (Å²) in [5.41, 5.74) is 2.15. The summed E-state index contributed by atoms with van der Waals surface area (Å²) in [6.45, 7) is 18.5. The lowest BCUT2D eigenvalue weighted by Crippen LogP contribution is -2.40. The molecule has 3 fully saturated rings. The van der Waals surface area contributed by atoms with Crippen molar-refractivity contribution in [1.82, 2.24) is 14.7 Å². The number of benzene rings is 3. The number of rotatable bonds is 9. The lowest BCUT2D eigenvalue weighted by Gasteiger charge is -2.34. The van der Waals surface area contributed by atoms with Gasteiger partial charge in [-0.25, -0.2) is 13.2 Å². The van der Waals surface area contributed by atoms with Crippen molar-refractivity contribution in [3.05, 3.63) is 107 Å². The molecule has 3 aromatic carbocycles. The zero-order valence-corrected chi connectivity index (χ0v) is 35.2. The fourth-order valence-electron chi connectivity index (χ4n) is 8.19. The Morgan fingerprint density at radius 1 is 0.491 bits per heavy atom. The van der Waals surface area contributed by atoms with Crippen LogP contribution in [-0.4, -0.2) is 71.7 Å². The maximum Gasteiger partial charge on any atom is 0.227 e. The Bertz CT molecular complexity index is 1690. The smallest absolute Gasteiger partial charge is 0.227 e. The van der Waals surface area contributed by atoms with Crippen molar-refractivity contribution in [1.29, 1.82) is 0 Å². The van der Waals surface area contributed by atoms with Gasteiger partial charge in [0, 0.05) is 39.3 Å². The number of carbonyl (C=O) groups is 3. The van der Waals surface area contributed by atoms with Gasteiger partial charge in [0.15, 0.2) is 0 Å². The maximum atomic E-state index is 13.5. The number of piperidine rings is 3. The summed E-state index contributed by atoms with van der Waals surface area (Å²) in [6.07, 6.45) is 7.40. The molecule has 57 heavy (non-hydrogen) atoms. The predicted octanol–water partition coefficient (Wildman–Crippen LogP) is 9.79. The van der Waals surface area contributed by atoms with Crippen LogP contribution in [0.2, 0.25) is 0 Å². The standard InChI is InChI=1S/3C16H22FNO/c1-12(2)14-7-9-18(10-8-14)16(19)11-13-3-5-15(17)6-4-13;1-12(2)14-6-8-18(9-7-14)16(19)11-13-4-3-5-15(17)10-13;1-12(2)13-7-9-18(10-8-13)16(19)11-14-5-3-4-6-15(14)17/h3-6,12,14H,7-11H2,1-2H3;3-5,10,12,14H,6-9,11H2,1-2H3;3-6,12-13H,7-11H2,1-2H3. The second-order valence-corrected chi connectivity index (χ2v) is 17.3. The third-order valence-corrected chi connectivity index (χ3v) is 12.3. The predicted molar refractivity (Wildman–Crippen MR) is 223 cm³/mol.